The minimum atomic E-state index is -0.969. The summed E-state index contributed by atoms with van der Waals surface area (Å²) in [6.45, 7) is 64.8. The lowest BCUT2D eigenvalue weighted by molar-refractivity contribution is -0.129. The van der Waals surface area contributed by atoms with Crippen molar-refractivity contribution < 1.29 is 19.4 Å². The van der Waals surface area contributed by atoms with Gasteiger partial charge in [0.05, 0.1) is 5.56 Å². The van der Waals surface area contributed by atoms with E-state index in [0.29, 0.717) is 12.0 Å². The summed E-state index contributed by atoms with van der Waals surface area (Å²) in [6, 6.07) is 5.59. The van der Waals surface area contributed by atoms with Crippen LogP contribution in [0.25, 0.3) is 5.57 Å². The fourth-order valence-corrected chi connectivity index (χ4v) is 15.9. The zero-order valence-corrected chi connectivity index (χ0v) is 46.8. The summed E-state index contributed by atoms with van der Waals surface area (Å²) in [5.74, 6) is -0.969. The van der Waals surface area contributed by atoms with Gasteiger partial charge in [-0.25, -0.2) is 9.37 Å². The highest BCUT2D eigenvalue weighted by Crippen LogP contribution is 2.70. The Balaban J connectivity index is 1.81. The first-order valence-electron chi connectivity index (χ1n) is 25.3. The lowest BCUT2D eigenvalue weighted by atomic mass is 9.44. The summed E-state index contributed by atoms with van der Waals surface area (Å²) >= 11 is 0. The van der Waals surface area contributed by atoms with Crippen LogP contribution in [0, 0.1) is 35.5 Å². The minimum absolute atomic E-state index is 0.0510. The molecule has 0 fully saturated rings. The van der Waals surface area contributed by atoms with Gasteiger partial charge in [0.1, 0.15) is 6.61 Å². The van der Waals surface area contributed by atoms with Crippen molar-refractivity contribution in [1.29, 1.82) is 0 Å². The average Bonchev–Trinajstić information content (AvgIpc) is 3.16. The van der Waals surface area contributed by atoms with E-state index >= 15 is 0 Å². The van der Waals surface area contributed by atoms with Crippen LogP contribution in [0.1, 0.15) is 238 Å². The molecule has 0 saturated heterocycles. The maximum Gasteiger partial charge on any atom is 0.336 e. The average molecular weight is 912 g/mol. The summed E-state index contributed by atoms with van der Waals surface area (Å²) in [6.07, 6.45) is 0.730. The topological polar surface area (TPSA) is 69.9 Å². The SMILES string of the molecule is Cc1c2c(c3c4c1C(C)(C)C(C)(C)C(C)(C)N4C(C)(C)C(C)(C)C3(C)C)Cc1c3c4c(c(C)c1=C2c1cc(COC=O)ccc1C(=O)O)C(C)(C)C(C)(C)C(C)(C)[N+]=4C(C)(C)C(C)(C)C3(C)C. The third-order valence-electron chi connectivity index (χ3n) is 24.0. The lowest BCUT2D eigenvalue weighted by Gasteiger charge is -2.73. The summed E-state index contributed by atoms with van der Waals surface area (Å²) in [5, 5.41) is 14.0. The van der Waals surface area contributed by atoms with E-state index < -0.39 is 5.97 Å². The molecule has 0 atom stereocenters. The molecule has 3 aromatic carbocycles. The Bertz CT molecular complexity index is 2880. The standard InChI is InChI=1S/C61H86N2O4/c1-33-40-38(45-47-43(33)50(3,4)54(11,12)58(19,20)62(47)60(23,24)56(15,16)52(45,7)8)30-39-41(42(40)37-29-35(31-67-32-64)27-28-36(37)49(65)66)34(2)44-48-46(39)53(9,10)57(17,18)61(25,26)63(48)59(21,22)55(13,14)51(44,5)6/h27-29,32H,30-31H2,1-26H3/p+1. The molecule has 1 aliphatic carbocycles. The van der Waals surface area contributed by atoms with Gasteiger partial charge in [-0.05, 0) is 143 Å². The molecule has 0 saturated carbocycles. The third-order valence-corrected chi connectivity index (χ3v) is 24.0. The second-order valence-corrected chi connectivity index (χ2v) is 28.2. The van der Waals surface area contributed by atoms with E-state index in [1.54, 1.807) is 6.07 Å². The summed E-state index contributed by atoms with van der Waals surface area (Å²) in [7, 11) is 0. The fourth-order valence-electron chi connectivity index (χ4n) is 15.9. The van der Waals surface area contributed by atoms with Crippen LogP contribution < -0.4 is 20.1 Å². The molecule has 0 radical (unpaired) electrons. The van der Waals surface area contributed by atoms with Crippen molar-refractivity contribution in [1.82, 2.24) is 4.58 Å². The van der Waals surface area contributed by atoms with Gasteiger partial charge in [-0.3, -0.25) is 4.79 Å². The van der Waals surface area contributed by atoms with Crippen LogP contribution in [0.3, 0.4) is 0 Å². The summed E-state index contributed by atoms with van der Waals surface area (Å²) in [5.41, 5.74) is 12.9. The molecular weight excluding hydrogens is 825 g/mol. The first-order valence-corrected chi connectivity index (χ1v) is 25.3. The summed E-state index contributed by atoms with van der Waals surface area (Å²) in [4.78, 5) is 28.5. The number of carbonyl (C=O) groups is 2. The van der Waals surface area contributed by atoms with Gasteiger partial charge in [-0.2, -0.15) is 0 Å². The van der Waals surface area contributed by atoms with Crippen molar-refractivity contribution in [2.45, 2.75) is 237 Å². The molecular formula is C61H87N2O4+. The maximum atomic E-state index is 13.9. The number of carbonyl (C=O) groups excluding carboxylic acids is 1. The van der Waals surface area contributed by atoms with Crippen molar-refractivity contribution in [2.75, 3.05) is 4.90 Å². The van der Waals surface area contributed by atoms with Crippen LogP contribution in [0.5, 0.6) is 0 Å². The number of hydrogen-bond acceptors (Lipinski definition) is 4. The molecule has 0 spiro atoms. The van der Waals surface area contributed by atoms with Crippen molar-refractivity contribution in [3.63, 3.8) is 0 Å². The van der Waals surface area contributed by atoms with Gasteiger partial charge in [0.25, 0.3) is 6.47 Å². The normalized spacial score (nSPS) is 25.5. The molecule has 6 nitrogen and oxygen atoms in total. The van der Waals surface area contributed by atoms with Crippen molar-refractivity contribution in [3.8, 4) is 0 Å². The highest BCUT2D eigenvalue weighted by molar-refractivity contribution is 6.00. The molecule has 0 bridgehead atoms. The first kappa shape index (κ1) is 49.5. The van der Waals surface area contributed by atoms with Gasteiger partial charge in [-0.1, -0.05) is 117 Å². The van der Waals surface area contributed by atoms with Crippen LogP contribution in [-0.2, 0) is 44.2 Å². The molecule has 364 valence electrons. The monoisotopic (exact) mass is 912 g/mol. The molecule has 4 heterocycles. The predicted octanol–water partition coefficient (Wildman–Crippen LogP) is 12.5. The number of hydrogen-bond donors (Lipinski definition) is 1. The Hall–Kier alpha value is -3.93. The number of fused-ring (bicyclic) bond motifs is 4. The third kappa shape index (κ3) is 5.12. The van der Waals surface area contributed by atoms with Crippen LogP contribution in [-0.4, -0.2) is 39.7 Å². The van der Waals surface area contributed by atoms with E-state index in [2.05, 4.69) is 189 Å². The molecule has 67 heavy (non-hydrogen) atoms. The van der Waals surface area contributed by atoms with Gasteiger partial charge in [-0.15, -0.1) is 0 Å². The maximum absolute atomic E-state index is 13.9. The van der Waals surface area contributed by atoms with E-state index in [1.807, 2.05) is 12.1 Å². The van der Waals surface area contributed by atoms with Crippen LogP contribution in [0.4, 0.5) is 5.69 Å². The second-order valence-electron chi connectivity index (χ2n) is 28.2. The number of carboxylic acid groups (broad SMARTS) is 1. The largest absolute Gasteiger partial charge is 0.478 e. The lowest BCUT2D eigenvalue weighted by Crippen LogP contribution is -2.79. The number of nitrogens with zero attached hydrogens (tertiary/aromatic N) is 2. The molecule has 0 aromatic heterocycles. The van der Waals surface area contributed by atoms with Crippen LogP contribution in [0.15, 0.2) is 18.2 Å². The molecule has 3 aromatic rings. The molecule has 8 rings (SSSR count). The minimum Gasteiger partial charge on any atom is -0.478 e. The summed E-state index contributed by atoms with van der Waals surface area (Å²) < 4.78 is 8.30. The number of anilines is 1. The quantitative estimate of drug-likeness (QED) is 0.160. The number of benzene rings is 3. The van der Waals surface area contributed by atoms with Crippen LogP contribution in [0.2, 0.25) is 0 Å². The van der Waals surface area contributed by atoms with Gasteiger partial charge >= 0.3 is 5.97 Å². The Morgan fingerprint density at radius 3 is 1.57 bits per heavy atom. The highest BCUT2D eigenvalue weighted by Gasteiger charge is 2.71. The predicted molar refractivity (Wildman–Crippen MR) is 278 cm³/mol. The highest BCUT2D eigenvalue weighted by atomic mass is 16.5. The van der Waals surface area contributed by atoms with Gasteiger partial charge < -0.3 is 14.7 Å². The Kier molecular flexibility index (Phi) is 9.80. The Morgan fingerprint density at radius 2 is 1.09 bits per heavy atom. The molecule has 0 unspecified atom stereocenters. The Labute approximate surface area is 405 Å². The van der Waals surface area contributed by atoms with E-state index in [4.69, 9.17) is 4.74 Å². The van der Waals surface area contributed by atoms with E-state index in [1.165, 1.54) is 66.3 Å². The smallest absolute Gasteiger partial charge is 0.336 e. The van der Waals surface area contributed by atoms with E-state index in [-0.39, 0.29) is 77.6 Å². The molecule has 6 heteroatoms. The first-order chi connectivity index (χ1) is 30.0. The zero-order valence-electron chi connectivity index (χ0n) is 46.8. The van der Waals surface area contributed by atoms with Gasteiger partial charge in [0, 0.05) is 77.2 Å². The molecule has 5 aliphatic rings. The van der Waals surface area contributed by atoms with E-state index in [9.17, 15) is 14.7 Å². The molecule has 1 N–H and O–H groups in total. The van der Waals surface area contributed by atoms with E-state index in [0.717, 1.165) is 17.6 Å². The second kappa shape index (κ2) is 13.3. The van der Waals surface area contributed by atoms with Crippen molar-refractivity contribution in [3.05, 3.63) is 95.5 Å². The number of carboxylic acids is 1. The van der Waals surface area contributed by atoms with Crippen molar-refractivity contribution in [2.24, 2.45) is 21.7 Å². The van der Waals surface area contributed by atoms with Crippen molar-refractivity contribution >= 4 is 23.7 Å². The van der Waals surface area contributed by atoms with Gasteiger partial charge in [0.15, 0.2) is 11.1 Å². The number of rotatable bonds is 5. The van der Waals surface area contributed by atoms with Gasteiger partial charge in [0.2, 0.25) is 5.36 Å². The van der Waals surface area contributed by atoms with Crippen LogP contribution >= 0.6 is 0 Å². The Morgan fingerprint density at radius 1 is 0.627 bits per heavy atom. The number of ether oxygens (including phenoxy) is 1. The molecule has 0 amide bonds. The molecule has 4 aliphatic heterocycles. The fraction of sp³-hybridized carbons (Fsp3) is 0.656. The zero-order chi connectivity index (χ0) is 50.9. The number of aromatic carboxylic acids is 1.